The minimum Gasteiger partial charge on any atom is -0.458 e. The van der Waals surface area contributed by atoms with Gasteiger partial charge in [-0.1, -0.05) is 33.3 Å². The number of esters is 1. The van der Waals surface area contributed by atoms with E-state index in [1.165, 1.54) is 6.42 Å². The Morgan fingerprint density at radius 1 is 1.38 bits per heavy atom. The second-order valence-corrected chi connectivity index (χ2v) is 7.27. The zero-order valence-corrected chi connectivity index (χ0v) is 14.5. The van der Waals surface area contributed by atoms with E-state index >= 15 is 0 Å². The van der Waals surface area contributed by atoms with Crippen LogP contribution in [0.25, 0.3) is 0 Å². The van der Waals surface area contributed by atoms with Crippen LogP contribution in [0.1, 0.15) is 50.4 Å². The average molecular weight is 354 g/mol. The van der Waals surface area contributed by atoms with Gasteiger partial charge in [0, 0.05) is 5.69 Å². The van der Waals surface area contributed by atoms with Gasteiger partial charge in [0.05, 0.1) is 10.0 Å². The Bertz CT molecular complexity index is 516. The second-order valence-electron chi connectivity index (χ2n) is 6.48. The number of ether oxygens (including phenoxy) is 1. The first-order valence-corrected chi connectivity index (χ1v) is 8.44. The molecule has 0 saturated heterocycles. The van der Waals surface area contributed by atoms with Crippen molar-refractivity contribution >= 4 is 27.6 Å². The number of nitrogen functional groups attached to an aromatic ring is 1. The van der Waals surface area contributed by atoms with Crippen molar-refractivity contribution < 1.29 is 9.53 Å². The van der Waals surface area contributed by atoms with Crippen molar-refractivity contribution in [1.82, 2.24) is 0 Å². The molecule has 0 aliphatic heterocycles. The van der Waals surface area contributed by atoms with Crippen LogP contribution in [0.15, 0.2) is 22.7 Å². The summed E-state index contributed by atoms with van der Waals surface area (Å²) >= 11 is 3.38. The van der Waals surface area contributed by atoms with Gasteiger partial charge < -0.3 is 10.5 Å². The maximum absolute atomic E-state index is 12.5. The molecule has 1 aliphatic rings. The Labute approximate surface area is 135 Å². The molecule has 1 fully saturated rings. The van der Waals surface area contributed by atoms with Gasteiger partial charge >= 0.3 is 5.97 Å². The molecule has 0 spiro atoms. The van der Waals surface area contributed by atoms with E-state index in [1.807, 2.05) is 0 Å². The Morgan fingerprint density at radius 3 is 2.76 bits per heavy atom. The highest BCUT2D eigenvalue weighted by Crippen LogP contribution is 2.36. The van der Waals surface area contributed by atoms with Gasteiger partial charge in [0.2, 0.25) is 0 Å². The van der Waals surface area contributed by atoms with Crippen molar-refractivity contribution in [2.24, 2.45) is 17.8 Å². The predicted octanol–water partition coefficient (Wildman–Crippen LogP) is 4.65. The molecule has 0 amide bonds. The van der Waals surface area contributed by atoms with Gasteiger partial charge in [-0.3, -0.25) is 0 Å². The van der Waals surface area contributed by atoms with Crippen molar-refractivity contribution in [3.8, 4) is 0 Å². The molecular weight excluding hydrogens is 330 g/mol. The Kier molecular flexibility index (Phi) is 5.31. The molecule has 0 radical (unpaired) electrons. The van der Waals surface area contributed by atoms with Gasteiger partial charge in [-0.25, -0.2) is 4.79 Å². The van der Waals surface area contributed by atoms with Gasteiger partial charge in [0.25, 0.3) is 0 Å². The normalized spacial score (nSPS) is 25.9. The number of halogens is 1. The molecule has 4 heteroatoms. The number of rotatable bonds is 3. The topological polar surface area (TPSA) is 52.3 Å². The summed E-state index contributed by atoms with van der Waals surface area (Å²) in [5, 5.41) is 0. The molecule has 1 aliphatic carbocycles. The van der Waals surface area contributed by atoms with Crippen LogP contribution >= 0.6 is 15.9 Å². The number of hydrogen-bond acceptors (Lipinski definition) is 3. The molecule has 2 rings (SSSR count). The highest BCUT2D eigenvalue weighted by Gasteiger charge is 2.33. The van der Waals surface area contributed by atoms with E-state index in [0.29, 0.717) is 33.5 Å². The molecule has 1 aromatic rings. The van der Waals surface area contributed by atoms with Gasteiger partial charge in [0.1, 0.15) is 6.10 Å². The van der Waals surface area contributed by atoms with Crippen LogP contribution in [0.3, 0.4) is 0 Å². The number of benzene rings is 1. The molecule has 3 nitrogen and oxygen atoms in total. The SMILES string of the molecule is CC1CCC(C(C)C)C(OC(=O)c2cccc(N)c2Br)C1. The fourth-order valence-corrected chi connectivity index (χ4v) is 3.58. The summed E-state index contributed by atoms with van der Waals surface area (Å²) in [5.41, 5.74) is 6.90. The Morgan fingerprint density at radius 2 is 2.10 bits per heavy atom. The van der Waals surface area contributed by atoms with Crippen molar-refractivity contribution in [2.75, 3.05) is 5.73 Å². The van der Waals surface area contributed by atoms with E-state index in [9.17, 15) is 4.79 Å². The zero-order chi connectivity index (χ0) is 15.6. The number of carbonyl (C=O) groups is 1. The molecule has 21 heavy (non-hydrogen) atoms. The molecule has 3 unspecified atom stereocenters. The number of carbonyl (C=O) groups excluding carboxylic acids is 1. The van der Waals surface area contributed by atoms with Gasteiger partial charge in [0.15, 0.2) is 0 Å². The van der Waals surface area contributed by atoms with Gasteiger partial charge in [-0.2, -0.15) is 0 Å². The standard InChI is InChI=1S/C17H24BrNO2/c1-10(2)12-8-7-11(3)9-15(12)21-17(20)13-5-4-6-14(19)16(13)18/h4-6,10-12,15H,7-9,19H2,1-3H3. The van der Waals surface area contributed by atoms with E-state index in [2.05, 4.69) is 36.7 Å². The first-order valence-electron chi connectivity index (χ1n) is 7.65. The summed E-state index contributed by atoms with van der Waals surface area (Å²) in [7, 11) is 0. The fourth-order valence-electron chi connectivity index (χ4n) is 3.16. The highest BCUT2D eigenvalue weighted by atomic mass is 79.9. The van der Waals surface area contributed by atoms with E-state index in [1.54, 1.807) is 18.2 Å². The minimum absolute atomic E-state index is 0.00887. The monoisotopic (exact) mass is 353 g/mol. The third-order valence-electron chi connectivity index (χ3n) is 4.47. The Balaban J connectivity index is 2.14. The molecular formula is C17H24BrNO2. The summed E-state index contributed by atoms with van der Waals surface area (Å²) in [4.78, 5) is 12.5. The summed E-state index contributed by atoms with van der Waals surface area (Å²) in [6.07, 6.45) is 3.32. The summed E-state index contributed by atoms with van der Waals surface area (Å²) in [6, 6.07) is 5.29. The van der Waals surface area contributed by atoms with Crippen LogP contribution in [0, 0.1) is 17.8 Å². The maximum atomic E-state index is 12.5. The number of nitrogens with two attached hydrogens (primary N) is 1. The molecule has 3 atom stereocenters. The van der Waals surface area contributed by atoms with Crippen molar-refractivity contribution in [1.29, 1.82) is 0 Å². The fraction of sp³-hybridized carbons (Fsp3) is 0.588. The maximum Gasteiger partial charge on any atom is 0.339 e. The third-order valence-corrected chi connectivity index (χ3v) is 5.35. The zero-order valence-electron chi connectivity index (χ0n) is 12.9. The van der Waals surface area contributed by atoms with Crippen LogP contribution in [-0.4, -0.2) is 12.1 Å². The van der Waals surface area contributed by atoms with Crippen molar-refractivity contribution in [2.45, 2.75) is 46.1 Å². The predicted molar refractivity (Wildman–Crippen MR) is 89.1 cm³/mol. The first-order chi connectivity index (χ1) is 9.90. The van der Waals surface area contributed by atoms with Gasteiger partial charge in [-0.05, 0) is 58.7 Å². The molecule has 0 bridgehead atoms. The second kappa shape index (κ2) is 6.82. The lowest BCUT2D eigenvalue weighted by Crippen LogP contribution is -2.36. The van der Waals surface area contributed by atoms with Crippen molar-refractivity contribution in [3.05, 3.63) is 28.2 Å². The molecule has 116 valence electrons. The molecule has 1 saturated carbocycles. The lowest BCUT2D eigenvalue weighted by molar-refractivity contribution is -0.0174. The van der Waals surface area contributed by atoms with Gasteiger partial charge in [-0.15, -0.1) is 0 Å². The molecule has 1 aromatic carbocycles. The summed E-state index contributed by atoms with van der Waals surface area (Å²) < 4.78 is 6.46. The largest absolute Gasteiger partial charge is 0.458 e. The van der Waals surface area contributed by atoms with Crippen LogP contribution in [0.2, 0.25) is 0 Å². The van der Waals surface area contributed by atoms with Crippen LogP contribution in [0.4, 0.5) is 5.69 Å². The number of anilines is 1. The minimum atomic E-state index is -0.279. The lowest BCUT2D eigenvalue weighted by atomic mass is 9.75. The lowest BCUT2D eigenvalue weighted by Gasteiger charge is -2.36. The summed E-state index contributed by atoms with van der Waals surface area (Å²) in [6.45, 7) is 6.64. The first kappa shape index (κ1) is 16.3. The van der Waals surface area contributed by atoms with E-state index in [-0.39, 0.29) is 12.1 Å². The van der Waals surface area contributed by atoms with Crippen LogP contribution in [-0.2, 0) is 4.74 Å². The van der Waals surface area contributed by atoms with Crippen LogP contribution in [0.5, 0.6) is 0 Å². The molecule has 2 N–H and O–H groups in total. The number of hydrogen-bond donors (Lipinski definition) is 1. The molecule has 0 aromatic heterocycles. The van der Waals surface area contributed by atoms with E-state index in [4.69, 9.17) is 10.5 Å². The van der Waals surface area contributed by atoms with Crippen LogP contribution < -0.4 is 5.73 Å². The summed E-state index contributed by atoms with van der Waals surface area (Å²) in [5.74, 6) is 1.31. The third kappa shape index (κ3) is 3.79. The average Bonchev–Trinajstić information content (AvgIpc) is 2.41. The van der Waals surface area contributed by atoms with E-state index < -0.39 is 0 Å². The smallest absolute Gasteiger partial charge is 0.339 e. The van der Waals surface area contributed by atoms with E-state index in [0.717, 1.165) is 12.8 Å². The quantitative estimate of drug-likeness (QED) is 0.635. The highest BCUT2D eigenvalue weighted by molar-refractivity contribution is 9.10. The molecule has 0 heterocycles. The van der Waals surface area contributed by atoms with Crippen molar-refractivity contribution in [3.63, 3.8) is 0 Å². The Hall–Kier alpha value is -1.03.